The summed E-state index contributed by atoms with van der Waals surface area (Å²) >= 11 is 0. The van der Waals surface area contributed by atoms with Crippen LogP contribution in [0.15, 0.2) is 24.3 Å². The van der Waals surface area contributed by atoms with Crippen LogP contribution in [0.4, 0.5) is 0 Å². The number of benzene rings is 1. The molecule has 0 saturated heterocycles. The van der Waals surface area contributed by atoms with E-state index in [1.807, 2.05) is 12.1 Å². The monoisotopic (exact) mass is 250 g/mol. The van der Waals surface area contributed by atoms with E-state index >= 15 is 0 Å². The maximum Gasteiger partial charge on any atom is 0.307 e. The molecule has 0 aliphatic carbocycles. The molecular weight excluding hydrogens is 228 g/mol. The highest BCUT2D eigenvalue weighted by Crippen LogP contribution is 2.15. The zero-order chi connectivity index (χ0) is 13.4. The molecule has 100 valence electrons. The molecule has 1 rings (SSSR count). The second kappa shape index (κ2) is 7.75. The second-order valence-electron chi connectivity index (χ2n) is 4.77. The van der Waals surface area contributed by atoms with E-state index in [9.17, 15) is 4.79 Å². The predicted molar refractivity (Wildman–Crippen MR) is 72.0 cm³/mol. The van der Waals surface area contributed by atoms with Crippen molar-refractivity contribution in [3.05, 3.63) is 29.8 Å². The van der Waals surface area contributed by atoms with Crippen molar-refractivity contribution < 1.29 is 14.6 Å². The molecule has 3 nitrogen and oxygen atoms in total. The number of carboxylic acids is 1. The Bertz CT molecular complexity index is 357. The number of ether oxygens (including phenoxy) is 1. The van der Waals surface area contributed by atoms with E-state index in [-0.39, 0.29) is 6.42 Å². The lowest BCUT2D eigenvalue weighted by Gasteiger charge is -2.12. The van der Waals surface area contributed by atoms with Crippen molar-refractivity contribution in [3.8, 4) is 5.75 Å². The summed E-state index contributed by atoms with van der Waals surface area (Å²) < 4.78 is 5.68. The first kappa shape index (κ1) is 14.6. The third kappa shape index (κ3) is 5.71. The second-order valence-corrected chi connectivity index (χ2v) is 4.77. The predicted octanol–water partition coefficient (Wildman–Crippen LogP) is 3.52. The van der Waals surface area contributed by atoms with Gasteiger partial charge < -0.3 is 9.84 Å². The van der Waals surface area contributed by atoms with Crippen molar-refractivity contribution in [2.45, 2.75) is 39.5 Å². The molecule has 3 heteroatoms. The van der Waals surface area contributed by atoms with Gasteiger partial charge in [0.05, 0.1) is 13.0 Å². The van der Waals surface area contributed by atoms with Crippen LogP contribution in [0.2, 0.25) is 0 Å². The Kier molecular flexibility index (Phi) is 6.26. The first-order valence-corrected chi connectivity index (χ1v) is 6.55. The molecule has 0 saturated carbocycles. The topological polar surface area (TPSA) is 46.5 Å². The molecule has 1 N–H and O–H groups in total. The first-order valence-electron chi connectivity index (χ1n) is 6.55. The van der Waals surface area contributed by atoms with Gasteiger partial charge >= 0.3 is 5.97 Å². The minimum absolute atomic E-state index is 0.0627. The van der Waals surface area contributed by atoms with Crippen LogP contribution in [-0.2, 0) is 11.2 Å². The molecule has 0 spiro atoms. The van der Waals surface area contributed by atoms with Gasteiger partial charge in [0.2, 0.25) is 0 Å². The van der Waals surface area contributed by atoms with Crippen LogP contribution in [0, 0.1) is 5.92 Å². The molecule has 18 heavy (non-hydrogen) atoms. The Balaban J connectivity index is 2.36. The zero-order valence-corrected chi connectivity index (χ0v) is 11.2. The van der Waals surface area contributed by atoms with Gasteiger partial charge in [-0.3, -0.25) is 4.79 Å². The van der Waals surface area contributed by atoms with Crippen molar-refractivity contribution in [1.82, 2.24) is 0 Å². The summed E-state index contributed by atoms with van der Waals surface area (Å²) in [4.78, 5) is 10.5. The smallest absolute Gasteiger partial charge is 0.307 e. The zero-order valence-electron chi connectivity index (χ0n) is 11.2. The molecule has 1 aromatic carbocycles. The quantitative estimate of drug-likeness (QED) is 0.768. The fourth-order valence-electron chi connectivity index (χ4n) is 1.75. The van der Waals surface area contributed by atoms with E-state index in [0.717, 1.165) is 17.9 Å². The van der Waals surface area contributed by atoms with Crippen molar-refractivity contribution >= 4 is 5.97 Å². The molecule has 0 amide bonds. The number of carboxylic acid groups (broad SMARTS) is 1. The van der Waals surface area contributed by atoms with Crippen LogP contribution in [0.25, 0.3) is 0 Å². The molecule has 0 aliphatic rings. The van der Waals surface area contributed by atoms with Gasteiger partial charge in [-0.25, -0.2) is 0 Å². The van der Waals surface area contributed by atoms with Gasteiger partial charge in [-0.1, -0.05) is 38.8 Å². The molecule has 0 heterocycles. The molecule has 1 atom stereocenters. The fraction of sp³-hybridized carbons (Fsp3) is 0.533. The molecule has 1 aromatic rings. The third-order valence-corrected chi connectivity index (χ3v) is 2.86. The molecule has 0 aliphatic heterocycles. The number of unbranched alkanes of at least 4 members (excludes halogenated alkanes) is 1. The van der Waals surface area contributed by atoms with E-state index in [0.29, 0.717) is 5.92 Å². The van der Waals surface area contributed by atoms with Gasteiger partial charge in [0.1, 0.15) is 5.75 Å². The summed E-state index contributed by atoms with van der Waals surface area (Å²) in [6.45, 7) is 5.10. The van der Waals surface area contributed by atoms with E-state index in [2.05, 4.69) is 13.8 Å². The van der Waals surface area contributed by atoms with Crippen LogP contribution in [0.5, 0.6) is 5.75 Å². The highest BCUT2D eigenvalue weighted by molar-refractivity contribution is 5.70. The third-order valence-electron chi connectivity index (χ3n) is 2.86. The Morgan fingerprint density at radius 3 is 2.56 bits per heavy atom. The molecule has 0 aromatic heterocycles. The van der Waals surface area contributed by atoms with Crippen molar-refractivity contribution in [2.75, 3.05) is 6.61 Å². The lowest BCUT2D eigenvalue weighted by atomic mass is 10.1. The average molecular weight is 250 g/mol. The Morgan fingerprint density at radius 1 is 1.33 bits per heavy atom. The normalized spacial score (nSPS) is 12.1. The SMILES string of the molecule is CCCCC(C)COc1ccc(CC(=O)O)cc1. The van der Waals surface area contributed by atoms with Crippen LogP contribution >= 0.6 is 0 Å². The number of aliphatic carboxylic acids is 1. The molecule has 0 radical (unpaired) electrons. The summed E-state index contributed by atoms with van der Waals surface area (Å²) in [6, 6.07) is 7.29. The number of carbonyl (C=O) groups is 1. The van der Waals surface area contributed by atoms with Gasteiger partial charge in [-0.15, -0.1) is 0 Å². The van der Waals surface area contributed by atoms with Gasteiger partial charge in [0.15, 0.2) is 0 Å². The lowest BCUT2D eigenvalue weighted by molar-refractivity contribution is -0.136. The highest BCUT2D eigenvalue weighted by atomic mass is 16.5. The fourth-order valence-corrected chi connectivity index (χ4v) is 1.75. The number of hydrogen-bond donors (Lipinski definition) is 1. The summed E-state index contributed by atoms with van der Waals surface area (Å²) in [5, 5.41) is 8.66. The maximum absolute atomic E-state index is 10.5. The summed E-state index contributed by atoms with van der Waals surface area (Å²) in [7, 11) is 0. The maximum atomic E-state index is 10.5. The minimum Gasteiger partial charge on any atom is -0.493 e. The van der Waals surface area contributed by atoms with Crippen LogP contribution in [-0.4, -0.2) is 17.7 Å². The minimum atomic E-state index is -0.808. The molecular formula is C15H22O3. The van der Waals surface area contributed by atoms with Crippen molar-refractivity contribution in [1.29, 1.82) is 0 Å². The van der Waals surface area contributed by atoms with Gasteiger partial charge in [0, 0.05) is 0 Å². The summed E-state index contributed by atoms with van der Waals surface area (Å²) in [6.07, 6.45) is 3.71. The van der Waals surface area contributed by atoms with Crippen LogP contribution < -0.4 is 4.74 Å². The van der Waals surface area contributed by atoms with E-state index < -0.39 is 5.97 Å². The van der Waals surface area contributed by atoms with Gasteiger partial charge in [-0.05, 0) is 30.0 Å². The first-order chi connectivity index (χ1) is 8.61. The number of rotatable bonds is 8. The van der Waals surface area contributed by atoms with Crippen molar-refractivity contribution in [2.24, 2.45) is 5.92 Å². The average Bonchev–Trinajstić information content (AvgIpc) is 2.35. The highest BCUT2D eigenvalue weighted by Gasteiger charge is 2.04. The number of hydrogen-bond acceptors (Lipinski definition) is 2. The lowest BCUT2D eigenvalue weighted by Crippen LogP contribution is -2.08. The van der Waals surface area contributed by atoms with E-state index in [1.165, 1.54) is 19.3 Å². The molecule has 0 bridgehead atoms. The van der Waals surface area contributed by atoms with Crippen LogP contribution in [0.3, 0.4) is 0 Å². The Labute approximate surface area is 109 Å². The summed E-state index contributed by atoms with van der Waals surface area (Å²) in [5.74, 6) is 0.563. The van der Waals surface area contributed by atoms with E-state index in [1.54, 1.807) is 12.1 Å². The van der Waals surface area contributed by atoms with Crippen LogP contribution in [0.1, 0.15) is 38.7 Å². The van der Waals surface area contributed by atoms with Gasteiger partial charge in [0.25, 0.3) is 0 Å². The molecule has 0 fully saturated rings. The molecule has 1 unspecified atom stereocenters. The van der Waals surface area contributed by atoms with Crippen molar-refractivity contribution in [3.63, 3.8) is 0 Å². The van der Waals surface area contributed by atoms with E-state index in [4.69, 9.17) is 9.84 Å². The Hall–Kier alpha value is -1.51. The standard InChI is InChI=1S/C15H22O3/c1-3-4-5-12(2)11-18-14-8-6-13(7-9-14)10-15(16)17/h6-9,12H,3-5,10-11H2,1-2H3,(H,16,17). The van der Waals surface area contributed by atoms with Gasteiger partial charge in [-0.2, -0.15) is 0 Å². The largest absolute Gasteiger partial charge is 0.493 e. The summed E-state index contributed by atoms with van der Waals surface area (Å²) in [5.41, 5.74) is 0.800. The Morgan fingerprint density at radius 2 is 2.00 bits per heavy atom.